The number of nitrogens with zero attached hydrogens (tertiary/aromatic N) is 3. The van der Waals surface area contributed by atoms with E-state index in [0.717, 1.165) is 5.56 Å². The third kappa shape index (κ3) is 4.85. The Morgan fingerprint density at radius 2 is 1.83 bits per heavy atom. The second-order valence-corrected chi connectivity index (χ2v) is 6.83. The average Bonchev–Trinajstić information content (AvgIpc) is 2.79. The van der Waals surface area contributed by atoms with E-state index in [9.17, 15) is 15.0 Å². The molecule has 0 aromatic heterocycles. The Hall–Kier alpha value is -2.78. The maximum Gasteiger partial charge on any atom is 0.194 e. The van der Waals surface area contributed by atoms with Crippen LogP contribution in [0.2, 0.25) is 0 Å². The zero-order valence-corrected chi connectivity index (χ0v) is 16.3. The van der Waals surface area contributed by atoms with E-state index in [-0.39, 0.29) is 12.2 Å². The molecule has 0 bridgehead atoms. The number of rotatable bonds is 8. The van der Waals surface area contributed by atoms with Crippen LogP contribution in [0.5, 0.6) is 0 Å². The van der Waals surface area contributed by atoms with Crippen molar-refractivity contribution in [3.8, 4) is 0 Å². The van der Waals surface area contributed by atoms with E-state index in [1.807, 2.05) is 30.3 Å². The van der Waals surface area contributed by atoms with E-state index in [4.69, 9.17) is 19.7 Å². The number of ketones is 1. The smallest absolute Gasteiger partial charge is 0.194 e. The Balaban J connectivity index is 1.84. The second-order valence-electron chi connectivity index (χ2n) is 6.83. The fourth-order valence-corrected chi connectivity index (χ4v) is 3.38. The van der Waals surface area contributed by atoms with Gasteiger partial charge in [0.2, 0.25) is 0 Å². The third-order valence-corrected chi connectivity index (χ3v) is 4.92. The van der Waals surface area contributed by atoms with Crippen molar-refractivity contribution in [3.63, 3.8) is 0 Å². The number of carbonyl (C=O) groups excluding carboxylic acids is 1. The Kier molecular flexibility index (Phi) is 7.53. The standard InChI is InChI=1S/C21H23N3O6/c1-28-21-15(23-24-22)19(29-12-13-8-4-2-5-9-13)18(27)20(30-21)17(26)16(25)14-10-6-3-7-11-14/h2-11,15,17-21,26-27H,12H2,1H3/t15-,17?,18+,19-,20-,21+/m1/s1. The van der Waals surface area contributed by atoms with Crippen molar-refractivity contribution < 1.29 is 29.2 Å². The van der Waals surface area contributed by atoms with Gasteiger partial charge in [0.25, 0.3) is 0 Å². The number of hydrogen-bond acceptors (Lipinski definition) is 7. The minimum Gasteiger partial charge on any atom is -0.388 e. The molecule has 0 spiro atoms. The zero-order chi connectivity index (χ0) is 21.5. The molecule has 1 aliphatic rings. The lowest BCUT2D eigenvalue weighted by Gasteiger charge is -2.43. The maximum absolute atomic E-state index is 12.7. The normalized spacial score (nSPS) is 27.1. The van der Waals surface area contributed by atoms with Crippen molar-refractivity contribution in [1.82, 2.24) is 0 Å². The van der Waals surface area contributed by atoms with Crippen LogP contribution in [0.1, 0.15) is 15.9 Å². The topological polar surface area (TPSA) is 134 Å². The highest BCUT2D eigenvalue weighted by molar-refractivity contribution is 5.99. The molecule has 0 radical (unpaired) electrons. The van der Waals surface area contributed by atoms with E-state index < -0.39 is 42.5 Å². The number of carbonyl (C=O) groups is 1. The van der Waals surface area contributed by atoms with Crippen molar-refractivity contribution in [1.29, 1.82) is 0 Å². The van der Waals surface area contributed by atoms with Crippen LogP contribution in [0, 0.1) is 0 Å². The summed E-state index contributed by atoms with van der Waals surface area (Å²) in [6, 6.07) is 16.4. The second kappa shape index (κ2) is 10.3. The molecule has 2 N–H and O–H groups in total. The van der Waals surface area contributed by atoms with Crippen LogP contribution in [0.4, 0.5) is 0 Å². The van der Waals surface area contributed by atoms with Crippen molar-refractivity contribution in [3.05, 3.63) is 82.2 Å². The lowest BCUT2D eigenvalue weighted by Crippen LogP contribution is -2.62. The molecule has 30 heavy (non-hydrogen) atoms. The molecular formula is C21H23N3O6. The number of aliphatic hydroxyl groups excluding tert-OH is 2. The molecule has 3 rings (SSSR count). The van der Waals surface area contributed by atoms with Gasteiger partial charge in [-0.15, -0.1) is 0 Å². The van der Waals surface area contributed by atoms with Gasteiger partial charge in [0.05, 0.1) is 12.7 Å². The molecule has 0 saturated carbocycles. The van der Waals surface area contributed by atoms with Crippen LogP contribution in [-0.4, -0.2) is 59.9 Å². The molecule has 1 unspecified atom stereocenters. The lowest BCUT2D eigenvalue weighted by atomic mass is 9.90. The van der Waals surface area contributed by atoms with E-state index in [2.05, 4.69) is 10.0 Å². The minimum absolute atomic E-state index is 0.117. The molecule has 2 aromatic carbocycles. The molecule has 1 aliphatic heterocycles. The highest BCUT2D eigenvalue weighted by atomic mass is 16.7. The van der Waals surface area contributed by atoms with Gasteiger partial charge in [-0.2, -0.15) is 0 Å². The van der Waals surface area contributed by atoms with E-state index >= 15 is 0 Å². The first-order chi connectivity index (χ1) is 14.6. The van der Waals surface area contributed by atoms with Crippen molar-refractivity contribution >= 4 is 5.78 Å². The van der Waals surface area contributed by atoms with Crippen molar-refractivity contribution in [2.24, 2.45) is 5.11 Å². The molecule has 158 valence electrons. The Morgan fingerprint density at radius 3 is 2.43 bits per heavy atom. The fraction of sp³-hybridized carbons (Fsp3) is 0.381. The number of hydrogen-bond donors (Lipinski definition) is 2. The number of benzene rings is 2. The van der Waals surface area contributed by atoms with E-state index in [1.165, 1.54) is 7.11 Å². The van der Waals surface area contributed by atoms with Gasteiger partial charge in [0.15, 0.2) is 12.1 Å². The Morgan fingerprint density at radius 1 is 1.20 bits per heavy atom. The summed E-state index contributed by atoms with van der Waals surface area (Å²) in [7, 11) is 1.33. The number of ether oxygens (including phenoxy) is 3. The summed E-state index contributed by atoms with van der Waals surface area (Å²) in [5.74, 6) is -0.612. The van der Waals surface area contributed by atoms with Crippen molar-refractivity contribution in [2.45, 2.75) is 43.4 Å². The molecule has 1 heterocycles. The van der Waals surface area contributed by atoms with Gasteiger partial charge in [-0.1, -0.05) is 65.8 Å². The highest BCUT2D eigenvalue weighted by Gasteiger charge is 2.50. The Bertz CT molecular complexity index is 875. The molecule has 6 atom stereocenters. The largest absolute Gasteiger partial charge is 0.388 e. The lowest BCUT2D eigenvalue weighted by molar-refractivity contribution is -0.273. The monoisotopic (exact) mass is 413 g/mol. The molecular weight excluding hydrogens is 390 g/mol. The third-order valence-electron chi connectivity index (χ3n) is 4.92. The molecule has 1 fully saturated rings. The summed E-state index contributed by atoms with van der Waals surface area (Å²) in [5.41, 5.74) is 10.0. The quantitative estimate of drug-likeness (QED) is 0.295. The van der Waals surface area contributed by atoms with Gasteiger partial charge in [-0.25, -0.2) is 0 Å². The zero-order valence-electron chi connectivity index (χ0n) is 16.3. The van der Waals surface area contributed by atoms with Crippen LogP contribution in [0.3, 0.4) is 0 Å². The molecule has 9 heteroatoms. The van der Waals surface area contributed by atoms with Crippen molar-refractivity contribution in [2.75, 3.05) is 7.11 Å². The summed E-state index contributed by atoms with van der Waals surface area (Å²) in [6.07, 6.45) is -6.64. The number of aliphatic hydroxyl groups is 2. The summed E-state index contributed by atoms with van der Waals surface area (Å²) in [6.45, 7) is 0.117. The van der Waals surface area contributed by atoms with Crippen LogP contribution < -0.4 is 0 Å². The van der Waals surface area contributed by atoms with Gasteiger partial charge in [-0.3, -0.25) is 4.79 Å². The summed E-state index contributed by atoms with van der Waals surface area (Å²) in [5, 5.41) is 25.2. The van der Waals surface area contributed by atoms with Crippen LogP contribution in [0.15, 0.2) is 65.8 Å². The first kappa shape index (κ1) is 21.9. The van der Waals surface area contributed by atoms with Gasteiger partial charge < -0.3 is 24.4 Å². The SMILES string of the molecule is CO[C@H]1O[C@H](C(O)C(=O)c2ccccc2)[C@@H](O)[C@H](OCc2ccccc2)[C@H]1N=[N+]=[N-]. The summed E-state index contributed by atoms with van der Waals surface area (Å²) < 4.78 is 16.7. The minimum atomic E-state index is -1.67. The number of Topliss-reactive ketones (excluding diaryl/α,β-unsaturated/α-hetero) is 1. The first-order valence-corrected chi connectivity index (χ1v) is 9.40. The molecule has 0 aliphatic carbocycles. The van der Waals surface area contributed by atoms with Gasteiger partial charge in [0, 0.05) is 17.6 Å². The first-order valence-electron chi connectivity index (χ1n) is 9.40. The molecule has 9 nitrogen and oxygen atoms in total. The maximum atomic E-state index is 12.7. The number of azide groups is 1. The van der Waals surface area contributed by atoms with Crippen LogP contribution in [0.25, 0.3) is 10.4 Å². The molecule has 0 amide bonds. The van der Waals surface area contributed by atoms with Crippen LogP contribution in [-0.2, 0) is 20.8 Å². The summed E-state index contributed by atoms with van der Waals surface area (Å²) >= 11 is 0. The van der Waals surface area contributed by atoms with Gasteiger partial charge >= 0.3 is 0 Å². The highest BCUT2D eigenvalue weighted by Crippen LogP contribution is 2.30. The fourth-order valence-electron chi connectivity index (χ4n) is 3.38. The van der Waals surface area contributed by atoms with Gasteiger partial charge in [-0.05, 0) is 11.1 Å². The van der Waals surface area contributed by atoms with E-state index in [0.29, 0.717) is 0 Å². The van der Waals surface area contributed by atoms with Crippen LogP contribution >= 0.6 is 0 Å². The predicted octanol–water partition coefficient (Wildman–Crippen LogP) is 2.23. The molecule has 1 saturated heterocycles. The summed E-state index contributed by atoms with van der Waals surface area (Å²) in [4.78, 5) is 15.5. The van der Waals surface area contributed by atoms with E-state index in [1.54, 1.807) is 30.3 Å². The number of methoxy groups -OCH3 is 1. The predicted molar refractivity (Wildman–Crippen MR) is 106 cm³/mol. The molecule has 2 aromatic rings. The Labute approximate surface area is 173 Å². The average molecular weight is 413 g/mol. The van der Waals surface area contributed by atoms with Gasteiger partial charge in [0.1, 0.15) is 24.4 Å².